The number of hydrogen-bond acceptors (Lipinski definition) is 5. The third-order valence-electron chi connectivity index (χ3n) is 3.39. The lowest BCUT2D eigenvalue weighted by Gasteiger charge is -2.19. The molecule has 8 heteroatoms. The standard InChI is InChI=1S/C11H19N3O4S/c1-7(9-3-4-18-6-9)14-19(16,17)11-8(2)12-13-10(11)5-15/h7,9,14-15H,3-6H2,1-2H3,(H,12,13). The van der Waals surface area contributed by atoms with Crippen LogP contribution in [0.1, 0.15) is 24.7 Å². The van der Waals surface area contributed by atoms with Gasteiger partial charge in [-0.15, -0.1) is 0 Å². The molecule has 0 aromatic carbocycles. The summed E-state index contributed by atoms with van der Waals surface area (Å²) in [5.41, 5.74) is 0.561. The van der Waals surface area contributed by atoms with E-state index in [9.17, 15) is 8.42 Å². The molecule has 2 heterocycles. The van der Waals surface area contributed by atoms with Crippen molar-refractivity contribution in [2.75, 3.05) is 13.2 Å². The zero-order chi connectivity index (χ0) is 14.0. The molecule has 2 atom stereocenters. The van der Waals surface area contributed by atoms with Crippen LogP contribution in [0.4, 0.5) is 0 Å². The molecule has 1 saturated heterocycles. The molecule has 0 saturated carbocycles. The largest absolute Gasteiger partial charge is 0.390 e. The Labute approximate surface area is 112 Å². The van der Waals surface area contributed by atoms with Gasteiger partial charge in [0.15, 0.2) is 0 Å². The lowest BCUT2D eigenvalue weighted by atomic mass is 10.0. The van der Waals surface area contributed by atoms with Crippen molar-refractivity contribution < 1.29 is 18.3 Å². The van der Waals surface area contributed by atoms with Crippen molar-refractivity contribution >= 4 is 10.0 Å². The first-order valence-corrected chi connectivity index (χ1v) is 7.68. The van der Waals surface area contributed by atoms with Gasteiger partial charge in [-0.25, -0.2) is 13.1 Å². The Hall–Kier alpha value is -0.960. The molecule has 3 N–H and O–H groups in total. The molecule has 0 amide bonds. The number of aliphatic hydroxyl groups is 1. The van der Waals surface area contributed by atoms with Crippen molar-refractivity contribution in [3.63, 3.8) is 0 Å². The van der Waals surface area contributed by atoms with Crippen LogP contribution in [0.2, 0.25) is 0 Å². The second-order valence-corrected chi connectivity index (χ2v) is 6.47. The van der Waals surface area contributed by atoms with Gasteiger partial charge in [-0.2, -0.15) is 5.10 Å². The van der Waals surface area contributed by atoms with E-state index in [4.69, 9.17) is 9.84 Å². The molecule has 2 unspecified atom stereocenters. The first-order chi connectivity index (χ1) is 8.95. The molecule has 1 aliphatic rings. The fourth-order valence-electron chi connectivity index (χ4n) is 2.28. The van der Waals surface area contributed by atoms with Gasteiger partial charge in [0.2, 0.25) is 10.0 Å². The third-order valence-corrected chi connectivity index (χ3v) is 5.15. The van der Waals surface area contributed by atoms with Crippen LogP contribution in [-0.4, -0.2) is 43.0 Å². The van der Waals surface area contributed by atoms with Gasteiger partial charge in [-0.3, -0.25) is 5.10 Å². The quantitative estimate of drug-likeness (QED) is 0.703. The summed E-state index contributed by atoms with van der Waals surface area (Å²) in [6, 6.07) is -0.214. The maximum Gasteiger partial charge on any atom is 0.244 e. The van der Waals surface area contributed by atoms with E-state index in [0.29, 0.717) is 18.9 Å². The number of aryl methyl sites for hydroxylation is 1. The Balaban J connectivity index is 2.19. The number of nitrogens with zero attached hydrogens (tertiary/aromatic N) is 1. The summed E-state index contributed by atoms with van der Waals surface area (Å²) in [5.74, 6) is 0.180. The number of aliphatic hydroxyl groups excluding tert-OH is 1. The molecule has 0 aliphatic carbocycles. The SMILES string of the molecule is Cc1[nH]nc(CO)c1S(=O)(=O)NC(C)C1CCOC1. The van der Waals surface area contributed by atoms with Gasteiger partial charge >= 0.3 is 0 Å². The summed E-state index contributed by atoms with van der Waals surface area (Å²) in [5, 5.41) is 15.5. The van der Waals surface area contributed by atoms with Crippen LogP contribution < -0.4 is 4.72 Å². The number of sulfonamides is 1. The fraction of sp³-hybridized carbons (Fsp3) is 0.727. The van der Waals surface area contributed by atoms with E-state index in [0.717, 1.165) is 6.42 Å². The van der Waals surface area contributed by atoms with Gasteiger partial charge in [-0.05, 0) is 20.3 Å². The van der Waals surface area contributed by atoms with Crippen molar-refractivity contribution in [3.8, 4) is 0 Å². The zero-order valence-electron chi connectivity index (χ0n) is 11.0. The predicted molar refractivity (Wildman–Crippen MR) is 68.0 cm³/mol. The smallest absolute Gasteiger partial charge is 0.244 e. The highest BCUT2D eigenvalue weighted by molar-refractivity contribution is 7.89. The van der Waals surface area contributed by atoms with Gasteiger partial charge in [0.1, 0.15) is 10.6 Å². The monoisotopic (exact) mass is 289 g/mol. The summed E-state index contributed by atoms with van der Waals surface area (Å²) in [7, 11) is -3.69. The van der Waals surface area contributed by atoms with E-state index in [1.54, 1.807) is 6.92 Å². The lowest BCUT2D eigenvalue weighted by Crippen LogP contribution is -2.38. The topological polar surface area (TPSA) is 104 Å². The molecule has 0 bridgehead atoms. The number of H-pyrrole nitrogens is 1. The van der Waals surface area contributed by atoms with E-state index < -0.39 is 16.6 Å². The minimum Gasteiger partial charge on any atom is -0.390 e. The highest BCUT2D eigenvalue weighted by Crippen LogP contribution is 2.21. The van der Waals surface area contributed by atoms with Gasteiger partial charge in [-0.1, -0.05) is 0 Å². The van der Waals surface area contributed by atoms with Crippen LogP contribution in [0.15, 0.2) is 4.90 Å². The van der Waals surface area contributed by atoms with Crippen molar-refractivity contribution in [2.45, 2.75) is 37.8 Å². The zero-order valence-corrected chi connectivity index (χ0v) is 11.8. The molecule has 0 radical (unpaired) electrons. The summed E-state index contributed by atoms with van der Waals surface area (Å²) < 4.78 is 32.6. The van der Waals surface area contributed by atoms with E-state index in [2.05, 4.69) is 14.9 Å². The molecule has 108 valence electrons. The molecular weight excluding hydrogens is 270 g/mol. The molecule has 1 aliphatic heterocycles. The summed E-state index contributed by atoms with van der Waals surface area (Å²) in [6.45, 7) is 4.26. The van der Waals surface area contributed by atoms with Gasteiger partial charge < -0.3 is 9.84 Å². The second-order valence-electron chi connectivity index (χ2n) is 4.82. The summed E-state index contributed by atoms with van der Waals surface area (Å²) >= 11 is 0. The molecule has 1 aromatic heterocycles. The van der Waals surface area contributed by atoms with Crippen LogP contribution >= 0.6 is 0 Å². The van der Waals surface area contributed by atoms with Gasteiger partial charge in [0.05, 0.1) is 18.9 Å². The first-order valence-electron chi connectivity index (χ1n) is 6.20. The lowest BCUT2D eigenvalue weighted by molar-refractivity contribution is 0.180. The highest BCUT2D eigenvalue weighted by Gasteiger charge is 2.30. The fourth-order valence-corrected chi connectivity index (χ4v) is 3.95. The highest BCUT2D eigenvalue weighted by atomic mass is 32.2. The van der Waals surface area contributed by atoms with Crippen LogP contribution in [0.5, 0.6) is 0 Å². The van der Waals surface area contributed by atoms with Crippen molar-refractivity contribution in [3.05, 3.63) is 11.4 Å². The molecule has 7 nitrogen and oxygen atoms in total. The molecule has 19 heavy (non-hydrogen) atoms. The van der Waals surface area contributed by atoms with Gasteiger partial charge in [0.25, 0.3) is 0 Å². The second kappa shape index (κ2) is 5.58. The number of nitrogens with one attached hydrogen (secondary N) is 2. The Kier molecular flexibility index (Phi) is 4.24. The van der Waals surface area contributed by atoms with E-state index in [1.165, 1.54) is 0 Å². The normalized spacial score (nSPS) is 21.7. The van der Waals surface area contributed by atoms with Crippen LogP contribution in [0.3, 0.4) is 0 Å². The summed E-state index contributed by atoms with van der Waals surface area (Å²) in [6.07, 6.45) is 0.848. The Morgan fingerprint density at radius 1 is 1.63 bits per heavy atom. The van der Waals surface area contributed by atoms with Crippen molar-refractivity contribution in [1.82, 2.24) is 14.9 Å². The van der Waals surface area contributed by atoms with E-state index in [-0.39, 0.29) is 22.5 Å². The number of aromatic amines is 1. The van der Waals surface area contributed by atoms with Crippen molar-refractivity contribution in [1.29, 1.82) is 0 Å². The maximum atomic E-state index is 12.3. The molecule has 1 aromatic rings. The van der Waals surface area contributed by atoms with Crippen LogP contribution in [0, 0.1) is 12.8 Å². The molecular formula is C11H19N3O4S. The first kappa shape index (κ1) is 14.4. The molecule has 1 fully saturated rings. The minimum atomic E-state index is -3.69. The number of ether oxygens (including phenoxy) is 1. The van der Waals surface area contributed by atoms with Crippen molar-refractivity contribution in [2.24, 2.45) is 5.92 Å². The number of rotatable bonds is 5. The van der Waals surface area contributed by atoms with Crippen LogP contribution in [-0.2, 0) is 21.4 Å². The maximum absolute atomic E-state index is 12.3. The molecule has 2 rings (SSSR count). The van der Waals surface area contributed by atoms with E-state index >= 15 is 0 Å². The number of aromatic nitrogens is 2. The van der Waals surface area contributed by atoms with E-state index in [1.807, 2.05) is 6.92 Å². The van der Waals surface area contributed by atoms with Crippen LogP contribution in [0.25, 0.3) is 0 Å². The Bertz CT molecular complexity index is 534. The number of hydrogen-bond donors (Lipinski definition) is 3. The Morgan fingerprint density at radius 3 is 2.95 bits per heavy atom. The molecule has 0 spiro atoms. The minimum absolute atomic E-state index is 0.0424. The third kappa shape index (κ3) is 2.97. The summed E-state index contributed by atoms with van der Waals surface area (Å²) in [4.78, 5) is 0.0424. The average molecular weight is 289 g/mol. The van der Waals surface area contributed by atoms with Gasteiger partial charge in [0, 0.05) is 18.6 Å². The Morgan fingerprint density at radius 2 is 2.37 bits per heavy atom. The predicted octanol–water partition coefficient (Wildman–Crippen LogP) is -0.0863. The average Bonchev–Trinajstić information content (AvgIpc) is 2.96.